The topological polar surface area (TPSA) is 71.5 Å². The van der Waals surface area contributed by atoms with Crippen molar-refractivity contribution in [3.05, 3.63) is 17.3 Å². The Balaban J connectivity index is 1.83. The Morgan fingerprint density at radius 3 is 2.95 bits per heavy atom. The molecule has 0 bridgehead atoms. The number of rotatable bonds is 4. The van der Waals surface area contributed by atoms with E-state index in [1.165, 1.54) is 16.6 Å². The molecule has 1 spiro atoms. The minimum atomic E-state index is -3.55. The molecule has 2 aliphatic rings. The second kappa shape index (κ2) is 5.96. The van der Waals surface area contributed by atoms with Crippen LogP contribution in [0.25, 0.3) is 0 Å². The maximum absolute atomic E-state index is 12.8. The highest BCUT2D eigenvalue weighted by atomic mass is 35.5. The predicted molar refractivity (Wildman–Crippen MR) is 84.7 cm³/mol. The van der Waals surface area contributed by atoms with Crippen molar-refractivity contribution in [2.45, 2.75) is 24.7 Å². The summed E-state index contributed by atoms with van der Waals surface area (Å²) < 4.78 is 32.5. The van der Waals surface area contributed by atoms with Crippen molar-refractivity contribution in [2.24, 2.45) is 5.41 Å². The lowest BCUT2D eigenvalue weighted by Gasteiger charge is -2.22. The number of pyridine rings is 1. The SMILES string of the molecule is CCNc1ncc(S(=O)(=O)N2CCC3(CCOC3)C2)cc1Cl. The molecule has 1 unspecified atom stereocenters. The molecule has 1 aromatic heterocycles. The van der Waals surface area contributed by atoms with Gasteiger partial charge in [0.2, 0.25) is 10.0 Å². The minimum absolute atomic E-state index is 0.00595. The molecule has 2 fully saturated rings. The highest BCUT2D eigenvalue weighted by Crippen LogP contribution is 2.40. The molecule has 3 heterocycles. The number of hydrogen-bond donors (Lipinski definition) is 1. The van der Waals surface area contributed by atoms with Crippen molar-refractivity contribution >= 4 is 27.4 Å². The molecule has 0 amide bonds. The molecule has 122 valence electrons. The lowest BCUT2D eigenvalue weighted by molar-refractivity contribution is 0.157. The molecule has 3 rings (SSSR count). The molecule has 1 aromatic rings. The first-order chi connectivity index (χ1) is 10.5. The Kier molecular flexibility index (Phi) is 4.33. The van der Waals surface area contributed by atoms with Gasteiger partial charge < -0.3 is 10.1 Å². The van der Waals surface area contributed by atoms with Crippen LogP contribution in [-0.2, 0) is 14.8 Å². The lowest BCUT2D eigenvalue weighted by atomic mass is 9.87. The van der Waals surface area contributed by atoms with E-state index in [1.807, 2.05) is 6.92 Å². The average molecular weight is 346 g/mol. The van der Waals surface area contributed by atoms with E-state index < -0.39 is 10.0 Å². The van der Waals surface area contributed by atoms with Crippen LogP contribution in [-0.4, -0.2) is 50.6 Å². The van der Waals surface area contributed by atoms with Gasteiger partial charge >= 0.3 is 0 Å². The van der Waals surface area contributed by atoms with Gasteiger partial charge in [-0.3, -0.25) is 0 Å². The monoisotopic (exact) mass is 345 g/mol. The van der Waals surface area contributed by atoms with Gasteiger partial charge in [-0.05, 0) is 25.8 Å². The molecule has 0 saturated carbocycles. The molecular formula is C14H20ClN3O3S. The smallest absolute Gasteiger partial charge is 0.244 e. The molecule has 6 nitrogen and oxygen atoms in total. The first-order valence-corrected chi connectivity index (χ1v) is 9.26. The van der Waals surface area contributed by atoms with Crippen molar-refractivity contribution in [2.75, 3.05) is 38.2 Å². The molecule has 1 N–H and O–H groups in total. The Labute approximate surface area is 135 Å². The second-order valence-corrected chi connectivity index (χ2v) is 8.27. The molecule has 22 heavy (non-hydrogen) atoms. The third kappa shape index (κ3) is 2.82. The van der Waals surface area contributed by atoms with Gasteiger partial charge in [0, 0.05) is 37.9 Å². The van der Waals surface area contributed by atoms with E-state index in [9.17, 15) is 8.42 Å². The van der Waals surface area contributed by atoms with Crippen LogP contribution in [0.4, 0.5) is 5.82 Å². The van der Waals surface area contributed by atoms with Gasteiger partial charge in [0.25, 0.3) is 0 Å². The van der Waals surface area contributed by atoms with E-state index >= 15 is 0 Å². The summed E-state index contributed by atoms with van der Waals surface area (Å²) >= 11 is 6.11. The van der Waals surface area contributed by atoms with E-state index in [2.05, 4.69) is 10.3 Å². The summed E-state index contributed by atoms with van der Waals surface area (Å²) in [5.74, 6) is 0.505. The van der Waals surface area contributed by atoms with Gasteiger partial charge in [0.05, 0.1) is 11.6 Å². The zero-order valence-corrected chi connectivity index (χ0v) is 14.1. The van der Waals surface area contributed by atoms with Gasteiger partial charge in [-0.25, -0.2) is 13.4 Å². The lowest BCUT2D eigenvalue weighted by Crippen LogP contribution is -2.32. The average Bonchev–Trinajstić information content (AvgIpc) is 3.12. The number of anilines is 1. The van der Waals surface area contributed by atoms with Crippen molar-refractivity contribution < 1.29 is 13.2 Å². The van der Waals surface area contributed by atoms with Crippen molar-refractivity contribution in [1.82, 2.24) is 9.29 Å². The summed E-state index contributed by atoms with van der Waals surface area (Å²) in [7, 11) is -3.55. The summed E-state index contributed by atoms with van der Waals surface area (Å²) in [6.07, 6.45) is 3.15. The molecule has 2 aliphatic heterocycles. The van der Waals surface area contributed by atoms with Crippen LogP contribution in [0.15, 0.2) is 17.2 Å². The fourth-order valence-electron chi connectivity index (χ4n) is 3.08. The Morgan fingerprint density at radius 1 is 1.50 bits per heavy atom. The zero-order chi connectivity index (χ0) is 15.8. The molecule has 8 heteroatoms. The predicted octanol–water partition coefficient (Wildman–Crippen LogP) is 1.97. The normalized spacial score (nSPS) is 25.9. The van der Waals surface area contributed by atoms with E-state index in [1.54, 1.807) is 0 Å². The van der Waals surface area contributed by atoms with Crippen LogP contribution in [0.5, 0.6) is 0 Å². The maximum atomic E-state index is 12.8. The summed E-state index contributed by atoms with van der Waals surface area (Å²) in [6, 6.07) is 1.47. The molecular weight excluding hydrogens is 326 g/mol. The fraction of sp³-hybridized carbons (Fsp3) is 0.643. The number of aromatic nitrogens is 1. The van der Waals surface area contributed by atoms with Crippen LogP contribution in [0.2, 0.25) is 5.02 Å². The quantitative estimate of drug-likeness (QED) is 0.903. The summed E-state index contributed by atoms with van der Waals surface area (Å²) in [6.45, 7) is 5.01. The zero-order valence-electron chi connectivity index (χ0n) is 12.5. The van der Waals surface area contributed by atoms with Crippen molar-refractivity contribution in [1.29, 1.82) is 0 Å². The summed E-state index contributed by atoms with van der Waals surface area (Å²) in [5, 5.41) is 3.32. The Bertz CT molecular complexity index is 659. The highest BCUT2D eigenvalue weighted by Gasteiger charge is 2.45. The van der Waals surface area contributed by atoms with Crippen molar-refractivity contribution in [3.63, 3.8) is 0 Å². The number of nitrogens with zero attached hydrogens (tertiary/aromatic N) is 2. The van der Waals surface area contributed by atoms with Gasteiger partial charge in [-0.15, -0.1) is 0 Å². The third-order valence-electron chi connectivity index (χ3n) is 4.39. The number of sulfonamides is 1. The summed E-state index contributed by atoms with van der Waals surface area (Å²) in [4.78, 5) is 4.27. The van der Waals surface area contributed by atoms with E-state index in [4.69, 9.17) is 16.3 Å². The van der Waals surface area contributed by atoms with E-state index in [-0.39, 0.29) is 10.3 Å². The van der Waals surface area contributed by atoms with Crippen molar-refractivity contribution in [3.8, 4) is 0 Å². The van der Waals surface area contributed by atoms with E-state index in [0.29, 0.717) is 37.1 Å². The maximum Gasteiger partial charge on any atom is 0.244 e. The first kappa shape index (κ1) is 16.0. The van der Waals surface area contributed by atoms with E-state index in [0.717, 1.165) is 19.4 Å². The summed E-state index contributed by atoms with van der Waals surface area (Å²) in [5.41, 5.74) is -0.00595. The molecule has 2 saturated heterocycles. The Morgan fingerprint density at radius 2 is 2.32 bits per heavy atom. The van der Waals surface area contributed by atoms with Crippen LogP contribution < -0.4 is 5.32 Å². The number of hydrogen-bond acceptors (Lipinski definition) is 5. The number of nitrogens with one attached hydrogen (secondary N) is 1. The molecule has 0 radical (unpaired) electrons. The molecule has 0 aliphatic carbocycles. The van der Waals surface area contributed by atoms with Crippen LogP contribution in [0.1, 0.15) is 19.8 Å². The van der Waals surface area contributed by atoms with Gasteiger partial charge in [-0.1, -0.05) is 11.6 Å². The molecule has 0 aromatic carbocycles. The first-order valence-electron chi connectivity index (χ1n) is 7.44. The fourth-order valence-corrected chi connectivity index (χ4v) is 4.90. The van der Waals surface area contributed by atoms with Gasteiger partial charge in [-0.2, -0.15) is 4.31 Å². The standard InChI is InChI=1S/C14H20ClN3O3S/c1-2-16-13-12(15)7-11(8-17-13)22(19,20)18-5-3-14(9-18)4-6-21-10-14/h7-8H,2-6,9-10H2,1H3,(H,16,17). The van der Waals surface area contributed by atoms with Crippen LogP contribution in [0.3, 0.4) is 0 Å². The second-order valence-electron chi connectivity index (χ2n) is 5.92. The molecule has 1 atom stereocenters. The largest absolute Gasteiger partial charge is 0.381 e. The van der Waals surface area contributed by atoms with Gasteiger partial charge in [0.15, 0.2) is 0 Å². The Hall–Kier alpha value is -0.890. The number of halogens is 1. The third-order valence-corrected chi connectivity index (χ3v) is 6.48. The highest BCUT2D eigenvalue weighted by molar-refractivity contribution is 7.89. The minimum Gasteiger partial charge on any atom is -0.381 e. The van der Waals surface area contributed by atoms with Crippen LogP contribution in [0, 0.1) is 5.41 Å². The van der Waals surface area contributed by atoms with Crippen LogP contribution >= 0.6 is 11.6 Å². The van der Waals surface area contributed by atoms with Gasteiger partial charge in [0.1, 0.15) is 10.7 Å². The number of ether oxygens (including phenoxy) is 1.